The van der Waals surface area contributed by atoms with Crippen molar-refractivity contribution in [2.45, 2.75) is 57.4 Å². The van der Waals surface area contributed by atoms with Gasteiger partial charge in [0.05, 0.1) is 0 Å². The molecule has 0 fully saturated rings. The Morgan fingerprint density at radius 1 is 1.05 bits per heavy atom. The first-order chi connectivity index (χ1) is 8.33. The lowest BCUT2D eigenvalue weighted by Gasteiger charge is -2.23. The van der Waals surface area contributed by atoms with Crippen LogP contribution in [0.2, 0.25) is 0 Å². The molecule has 0 amide bonds. The average molecular weight is 287 g/mol. The summed E-state index contributed by atoms with van der Waals surface area (Å²) in [7, 11) is -3.86. The van der Waals surface area contributed by atoms with E-state index >= 15 is 0 Å². The molecule has 3 nitrogen and oxygen atoms in total. The molecule has 1 aromatic rings. The Labute approximate surface area is 115 Å². The van der Waals surface area contributed by atoms with Crippen LogP contribution in [0.15, 0.2) is 23.1 Å². The molecule has 0 unspecified atom stereocenters. The Morgan fingerprint density at radius 3 is 2.00 bits per heavy atom. The lowest BCUT2D eigenvalue weighted by Crippen LogP contribution is -2.40. The summed E-state index contributed by atoms with van der Waals surface area (Å²) < 4.78 is 40.7. The molecule has 0 spiro atoms. The summed E-state index contributed by atoms with van der Waals surface area (Å²) in [5.41, 5.74) is -0.105. The fourth-order valence-electron chi connectivity index (χ4n) is 1.63. The molecular formula is C14H22FNO2S. The van der Waals surface area contributed by atoms with E-state index < -0.39 is 21.4 Å². The van der Waals surface area contributed by atoms with Crippen LogP contribution in [0.3, 0.4) is 0 Å². The molecule has 108 valence electrons. The van der Waals surface area contributed by atoms with Gasteiger partial charge in [0.1, 0.15) is 10.7 Å². The molecule has 0 atom stereocenters. The van der Waals surface area contributed by atoms with E-state index in [-0.39, 0.29) is 10.3 Å². The summed E-state index contributed by atoms with van der Waals surface area (Å²) in [6, 6.07) is 4.23. The second-order valence-electron chi connectivity index (χ2n) is 6.75. The molecule has 19 heavy (non-hydrogen) atoms. The fraction of sp³-hybridized carbons (Fsp3) is 0.571. The zero-order valence-corrected chi connectivity index (χ0v) is 13.2. The smallest absolute Gasteiger partial charge is 0.207 e. The predicted molar refractivity (Wildman–Crippen MR) is 75.2 cm³/mol. The quantitative estimate of drug-likeness (QED) is 0.908. The van der Waals surface area contributed by atoms with Gasteiger partial charge in [-0.15, -0.1) is 0 Å². The maximum Gasteiger partial charge on any atom is 0.243 e. The first-order valence-electron chi connectivity index (χ1n) is 6.17. The van der Waals surface area contributed by atoms with Crippen LogP contribution < -0.4 is 4.72 Å². The van der Waals surface area contributed by atoms with Crippen LogP contribution >= 0.6 is 0 Å². The van der Waals surface area contributed by atoms with Crippen molar-refractivity contribution in [3.8, 4) is 0 Å². The van der Waals surface area contributed by atoms with Crippen molar-refractivity contribution >= 4 is 10.0 Å². The molecule has 0 aromatic heterocycles. The summed E-state index contributed by atoms with van der Waals surface area (Å²) >= 11 is 0. The number of rotatable bonds is 2. The van der Waals surface area contributed by atoms with E-state index in [0.29, 0.717) is 0 Å². The molecule has 0 aliphatic heterocycles. The first kappa shape index (κ1) is 16.1. The molecule has 0 radical (unpaired) electrons. The molecule has 0 aliphatic rings. The molecule has 1 N–H and O–H groups in total. The molecule has 0 heterocycles. The van der Waals surface area contributed by atoms with Gasteiger partial charge < -0.3 is 0 Å². The van der Waals surface area contributed by atoms with Crippen LogP contribution in [-0.2, 0) is 15.4 Å². The van der Waals surface area contributed by atoms with E-state index in [1.807, 2.05) is 20.8 Å². The van der Waals surface area contributed by atoms with Gasteiger partial charge in [-0.3, -0.25) is 0 Å². The van der Waals surface area contributed by atoms with E-state index in [2.05, 4.69) is 4.72 Å². The maximum absolute atomic E-state index is 13.8. The van der Waals surface area contributed by atoms with Crippen LogP contribution in [0, 0.1) is 5.82 Å². The predicted octanol–water partition coefficient (Wildman–Crippen LogP) is 3.20. The molecule has 1 aromatic carbocycles. The van der Waals surface area contributed by atoms with Crippen LogP contribution in [0.25, 0.3) is 0 Å². The zero-order valence-electron chi connectivity index (χ0n) is 12.3. The maximum atomic E-state index is 13.8. The lowest BCUT2D eigenvalue weighted by atomic mass is 9.87. The van der Waals surface area contributed by atoms with E-state index in [4.69, 9.17) is 0 Å². The van der Waals surface area contributed by atoms with Crippen LogP contribution in [-0.4, -0.2) is 14.0 Å². The third kappa shape index (κ3) is 4.28. The summed E-state index contributed by atoms with van der Waals surface area (Å²) in [6.45, 7) is 11.0. The highest BCUT2D eigenvalue weighted by Gasteiger charge is 2.26. The van der Waals surface area contributed by atoms with Gasteiger partial charge in [0.2, 0.25) is 10.0 Å². The Morgan fingerprint density at radius 2 is 1.58 bits per heavy atom. The summed E-state index contributed by atoms with van der Waals surface area (Å²) in [5, 5.41) is 0. The van der Waals surface area contributed by atoms with E-state index in [0.717, 1.165) is 5.56 Å². The molecule has 0 saturated heterocycles. The second-order valence-corrected chi connectivity index (χ2v) is 8.40. The van der Waals surface area contributed by atoms with Gasteiger partial charge in [0.15, 0.2) is 0 Å². The highest BCUT2D eigenvalue weighted by atomic mass is 32.2. The Bertz CT molecular complexity index is 566. The third-order valence-electron chi connectivity index (χ3n) is 2.53. The van der Waals surface area contributed by atoms with Crippen LogP contribution in [0.5, 0.6) is 0 Å². The molecule has 1 rings (SSSR count). The molecule has 0 aliphatic carbocycles. The fourth-order valence-corrected chi connectivity index (χ4v) is 3.16. The van der Waals surface area contributed by atoms with Gasteiger partial charge in [-0.05, 0) is 43.9 Å². The second kappa shape index (κ2) is 4.87. The Balaban J connectivity index is 3.35. The Hall–Kier alpha value is -0.940. The molecule has 5 heteroatoms. The van der Waals surface area contributed by atoms with E-state index in [1.165, 1.54) is 12.1 Å². The van der Waals surface area contributed by atoms with Crippen molar-refractivity contribution < 1.29 is 12.8 Å². The molecular weight excluding hydrogens is 265 g/mol. The number of benzene rings is 1. The van der Waals surface area contributed by atoms with Crippen LogP contribution in [0.1, 0.15) is 47.1 Å². The minimum Gasteiger partial charge on any atom is -0.207 e. The van der Waals surface area contributed by atoms with E-state index in [1.54, 1.807) is 26.8 Å². The van der Waals surface area contributed by atoms with Crippen molar-refractivity contribution in [1.82, 2.24) is 4.72 Å². The number of sulfonamides is 1. The largest absolute Gasteiger partial charge is 0.243 e. The van der Waals surface area contributed by atoms with Crippen LogP contribution in [0.4, 0.5) is 4.39 Å². The Kier molecular flexibility index (Phi) is 4.13. The minimum atomic E-state index is -3.86. The number of nitrogens with one attached hydrogen (secondary N) is 1. The van der Waals surface area contributed by atoms with Gasteiger partial charge in [-0.1, -0.05) is 26.8 Å². The molecule has 0 bridgehead atoms. The van der Waals surface area contributed by atoms with Gasteiger partial charge in [-0.25, -0.2) is 17.5 Å². The number of halogens is 1. The van der Waals surface area contributed by atoms with E-state index in [9.17, 15) is 12.8 Å². The van der Waals surface area contributed by atoms with Crippen molar-refractivity contribution in [3.05, 3.63) is 29.6 Å². The third-order valence-corrected chi connectivity index (χ3v) is 4.30. The van der Waals surface area contributed by atoms with Gasteiger partial charge in [0.25, 0.3) is 0 Å². The monoisotopic (exact) mass is 287 g/mol. The number of hydrogen-bond donors (Lipinski definition) is 1. The highest BCUT2D eigenvalue weighted by Crippen LogP contribution is 2.26. The lowest BCUT2D eigenvalue weighted by molar-refractivity contribution is 0.485. The van der Waals surface area contributed by atoms with Gasteiger partial charge in [-0.2, -0.15) is 0 Å². The summed E-state index contributed by atoms with van der Waals surface area (Å²) in [4.78, 5) is -0.296. The number of hydrogen-bond acceptors (Lipinski definition) is 2. The zero-order chi connectivity index (χ0) is 15.1. The summed E-state index contributed by atoms with van der Waals surface area (Å²) in [6.07, 6.45) is 0. The minimum absolute atomic E-state index is 0.236. The topological polar surface area (TPSA) is 46.2 Å². The van der Waals surface area contributed by atoms with Gasteiger partial charge >= 0.3 is 0 Å². The SMILES string of the molecule is CC(C)(C)NS(=O)(=O)c1cc(C(C)(C)C)ccc1F. The van der Waals surface area contributed by atoms with Crippen molar-refractivity contribution in [2.24, 2.45) is 0 Å². The highest BCUT2D eigenvalue weighted by molar-refractivity contribution is 7.89. The molecule has 0 saturated carbocycles. The summed E-state index contributed by atoms with van der Waals surface area (Å²) in [5.74, 6) is -0.732. The van der Waals surface area contributed by atoms with Crippen molar-refractivity contribution in [2.75, 3.05) is 0 Å². The van der Waals surface area contributed by atoms with Crippen molar-refractivity contribution in [1.29, 1.82) is 0 Å². The standard InChI is InChI=1S/C14H22FNO2S/c1-13(2,3)10-7-8-11(15)12(9-10)19(17,18)16-14(4,5)6/h7-9,16H,1-6H3. The normalized spacial score (nSPS) is 13.6. The van der Waals surface area contributed by atoms with Crippen molar-refractivity contribution in [3.63, 3.8) is 0 Å². The first-order valence-corrected chi connectivity index (χ1v) is 7.65. The average Bonchev–Trinajstić information content (AvgIpc) is 2.11. The van der Waals surface area contributed by atoms with Gasteiger partial charge in [0, 0.05) is 5.54 Å².